The Kier molecular flexibility index (Phi) is 6.18. The quantitative estimate of drug-likeness (QED) is 0.572. The Bertz CT molecular complexity index is 993. The van der Waals surface area contributed by atoms with E-state index in [9.17, 15) is 4.79 Å². The molecule has 1 heterocycles. The van der Waals surface area contributed by atoms with Crippen LogP contribution in [-0.2, 0) is 11.2 Å². The van der Waals surface area contributed by atoms with E-state index in [0.29, 0.717) is 17.3 Å². The van der Waals surface area contributed by atoms with Crippen LogP contribution in [0.5, 0.6) is 11.5 Å². The van der Waals surface area contributed by atoms with E-state index >= 15 is 0 Å². The number of nitrogens with zero attached hydrogens (tertiary/aromatic N) is 1. The van der Waals surface area contributed by atoms with Crippen molar-refractivity contribution in [3.63, 3.8) is 0 Å². The highest BCUT2D eigenvalue weighted by Gasteiger charge is 2.08. The number of aryl methyl sites for hydroxylation is 1. The zero-order valence-electron chi connectivity index (χ0n) is 15.3. The van der Waals surface area contributed by atoms with Gasteiger partial charge in [0.15, 0.2) is 5.11 Å². The smallest absolute Gasteiger partial charge is 0.230 e. The molecule has 0 saturated carbocycles. The van der Waals surface area contributed by atoms with Gasteiger partial charge in [0.2, 0.25) is 5.91 Å². The topological polar surface area (TPSA) is 89.3 Å². The molecule has 0 unspecified atom stereocenters. The molecule has 1 aromatic heterocycles. The minimum Gasteiger partial charge on any atom is -0.457 e. The average Bonchev–Trinajstić information content (AvgIpc) is 2.64. The number of nitrogens with two attached hydrogens (primary N) is 1. The molecule has 142 valence electrons. The van der Waals surface area contributed by atoms with Crippen LogP contribution in [0.2, 0.25) is 0 Å². The van der Waals surface area contributed by atoms with Gasteiger partial charge in [-0.05, 0) is 54.5 Å². The minimum absolute atomic E-state index is 0.171. The summed E-state index contributed by atoms with van der Waals surface area (Å²) in [7, 11) is 0. The molecule has 6 nitrogen and oxygen atoms in total. The number of nitrogen functional groups attached to an aromatic ring is 1. The van der Waals surface area contributed by atoms with Gasteiger partial charge in [-0.3, -0.25) is 4.79 Å². The van der Waals surface area contributed by atoms with Crippen LogP contribution in [0.25, 0.3) is 0 Å². The molecule has 1 amide bonds. The summed E-state index contributed by atoms with van der Waals surface area (Å²) >= 11 is 5.23. The second-order valence-corrected chi connectivity index (χ2v) is 6.57. The fourth-order valence-electron chi connectivity index (χ4n) is 2.57. The molecule has 0 aliphatic rings. The summed E-state index contributed by atoms with van der Waals surface area (Å²) in [5.74, 6) is 1.52. The molecular weight excluding hydrogens is 372 g/mol. The van der Waals surface area contributed by atoms with E-state index in [1.54, 1.807) is 18.3 Å². The van der Waals surface area contributed by atoms with Crippen LogP contribution >= 0.6 is 12.2 Å². The fourth-order valence-corrected chi connectivity index (χ4v) is 2.81. The number of benzene rings is 2. The Morgan fingerprint density at radius 2 is 1.93 bits per heavy atom. The Morgan fingerprint density at radius 3 is 2.64 bits per heavy atom. The predicted molar refractivity (Wildman–Crippen MR) is 114 cm³/mol. The second-order valence-electron chi connectivity index (χ2n) is 6.16. The molecule has 0 atom stereocenters. The largest absolute Gasteiger partial charge is 0.457 e. The van der Waals surface area contributed by atoms with Crippen LogP contribution in [0.4, 0.5) is 11.5 Å². The normalized spacial score (nSPS) is 10.2. The van der Waals surface area contributed by atoms with Crippen molar-refractivity contribution >= 4 is 34.7 Å². The zero-order chi connectivity index (χ0) is 19.9. The number of carbonyl (C=O) groups is 1. The second kappa shape index (κ2) is 8.96. The molecule has 0 fully saturated rings. The van der Waals surface area contributed by atoms with Crippen molar-refractivity contribution < 1.29 is 9.53 Å². The van der Waals surface area contributed by atoms with Gasteiger partial charge in [-0.2, -0.15) is 0 Å². The Hall–Kier alpha value is -3.45. The number of rotatable bonds is 5. The lowest BCUT2D eigenvalue weighted by Crippen LogP contribution is -2.35. The average molecular weight is 392 g/mol. The Morgan fingerprint density at radius 1 is 1.14 bits per heavy atom. The van der Waals surface area contributed by atoms with Crippen molar-refractivity contribution in [2.45, 2.75) is 13.3 Å². The number of aromatic nitrogens is 1. The van der Waals surface area contributed by atoms with Gasteiger partial charge >= 0.3 is 0 Å². The lowest BCUT2D eigenvalue weighted by Gasteiger charge is -2.13. The van der Waals surface area contributed by atoms with E-state index in [1.807, 2.05) is 55.5 Å². The third-order valence-electron chi connectivity index (χ3n) is 3.87. The number of amides is 1. The van der Waals surface area contributed by atoms with Gasteiger partial charge in [0.05, 0.1) is 6.42 Å². The molecule has 2 aromatic carbocycles. The van der Waals surface area contributed by atoms with Gasteiger partial charge in [0.1, 0.15) is 17.3 Å². The van der Waals surface area contributed by atoms with Crippen LogP contribution in [0.3, 0.4) is 0 Å². The van der Waals surface area contributed by atoms with Gasteiger partial charge in [0.25, 0.3) is 0 Å². The summed E-state index contributed by atoms with van der Waals surface area (Å²) in [6, 6.07) is 18.4. The highest BCUT2D eigenvalue weighted by atomic mass is 32.1. The van der Waals surface area contributed by atoms with Crippen molar-refractivity contribution in [3.05, 3.63) is 78.0 Å². The SMILES string of the molecule is Cc1cc(NC(=S)NC(=O)Cc2ccccc2)ccc1Oc1ccnc(N)c1. The van der Waals surface area contributed by atoms with Crippen LogP contribution in [0.15, 0.2) is 66.9 Å². The van der Waals surface area contributed by atoms with Crippen molar-refractivity contribution in [3.8, 4) is 11.5 Å². The molecule has 0 bridgehead atoms. The van der Waals surface area contributed by atoms with Crippen molar-refractivity contribution in [2.24, 2.45) is 0 Å². The molecule has 0 radical (unpaired) electrons. The van der Waals surface area contributed by atoms with Crippen molar-refractivity contribution in [1.82, 2.24) is 10.3 Å². The summed E-state index contributed by atoms with van der Waals surface area (Å²) in [6.45, 7) is 1.92. The maximum absolute atomic E-state index is 12.1. The molecule has 7 heteroatoms. The third kappa shape index (κ3) is 5.52. The van der Waals surface area contributed by atoms with E-state index in [1.165, 1.54) is 0 Å². The lowest BCUT2D eigenvalue weighted by molar-refractivity contribution is -0.119. The number of thiocarbonyl (C=S) groups is 1. The van der Waals surface area contributed by atoms with Crippen LogP contribution < -0.4 is 21.1 Å². The van der Waals surface area contributed by atoms with Crippen LogP contribution in [-0.4, -0.2) is 16.0 Å². The molecule has 3 rings (SSSR count). The number of pyridine rings is 1. The summed E-state index contributed by atoms with van der Waals surface area (Å²) in [5.41, 5.74) is 8.25. The third-order valence-corrected chi connectivity index (χ3v) is 4.08. The monoisotopic (exact) mass is 392 g/mol. The number of carbonyl (C=O) groups excluding carboxylic acids is 1. The lowest BCUT2D eigenvalue weighted by atomic mass is 10.1. The Labute approximate surface area is 168 Å². The van der Waals surface area contributed by atoms with Crippen molar-refractivity contribution in [2.75, 3.05) is 11.1 Å². The van der Waals surface area contributed by atoms with Gasteiger partial charge in [0, 0.05) is 18.0 Å². The van der Waals surface area contributed by atoms with Gasteiger partial charge in [-0.25, -0.2) is 4.98 Å². The number of anilines is 2. The minimum atomic E-state index is -0.171. The van der Waals surface area contributed by atoms with Gasteiger partial charge < -0.3 is 21.1 Å². The van der Waals surface area contributed by atoms with E-state index in [0.717, 1.165) is 16.8 Å². The standard InChI is InChI=1S/C21H20N4O2S/c1-14-11-16(7-8-18(14)27-17-9-10-23-19(22)13-17)24-21(28)25-20(26)12-15-5-3-2-4-6-15/h2-11,13H,12H2,1H3,(H2,22,23)(H2,24,25,26,28). The number of hydrogen-bond donors (Lipinski definition) is 3. The number of ether oxygens (including phenoxy) is 1. The van der Waals surface area contributed by atoms with Gasteiger partial charge in [-0.1, -0.05) is 30.3 Å². The molecule has 0 aliphatic heterocycles. The van der Waals surface area contributed by atoms with E-state index in [-0.39, 0.29) is 17.4 Å². The molecule has 3 aromatic rings. The first-order valence-corrected chi connectivity index (χ1v) is 9.05. The van der Waals surface area contributed by atoms with Crippen LogP contribution in [0, 0.1) is 6.92 Å². The summed E-state index contributed by atoms with van der Waals surface area (Å²) in [4.78, 5) is 16.0. The van der Waals surface area contributed by atoms with Crippen LogP contribution in [0.1, 0.15) is 11.1 Å². The van der Waals surface area contributed by atoms with Gasteiger partial charge in [-0.15, -0.1) is 0 Å². The first-order valence-electron chi connectivity index (χ1n) is 8.64. The maximum atomic E-state index is 12.1. The van der Waals surface area contributed by atoms with E-state index in [4.69, 9.17) is 22.7 Å². The van der Waals surface area contributed by atoms with E-state index in [2.05, 4.69) is 15.6 Å². The number of hydrogen-bond acceptors (Lipinski definition) is 5. The summed E-state index contributed by atoms with van der Waals surface area (Å²) < 4.78 is 5.83. The number of nitrogens with one attached hydrogen (secondary N) is 2. The molecule has 28 heavy (non-hydrogen) atoms. The zero-order valence-corrected chi connectivity index (χ0v) is 16.1. The van der Waals surface area contributed by atoms with E-state index < -0.39 is 0 Å². The predicted octanol–water partition coefficient (Wildman–Crippen LogP) is 3.82. The summed E-state index contributed by atoms with van der Waals surface area (Å²) in [5, 5.41) is 5.95. The molecular formula is C21H20N4O2S. The first-order chi connectivity index (χ1) is 13.5. The summed E-state index contributed by atoms with van der Waals surface area (Å²) in [6.07, 6.45) is 1.86. The molecule has 0 saturated heterocycles. The molecule has 4 N–H and O–H groups in total. The highest BCUT2D eigenvalue weighted by Crippen LogP contribution is 2.27. The van der Waals surface area contributed by atoms with Crippen molar-refractivity contribution in [1.29, 1.82) is 0 Å². The fraction of sp³-hybridized carbons (Fsp3) is 0.0952. The maximum Gasteiger partial charge on any atom is 0.230 e. The Balaban J connectivity index is 1.57. The first kappa shape index (κ1) is 19.3. The molecule has 0 spiro atoms. The highest BCUT2D eigenvalue weighted by molar-refractivity contribution is 7.80. The molecule has 0 aliphatic carbocycles.